The molecule has 0 aliphatic carbocycles. The van der Waals surface area contributed by atoms with Gasteiger partial charge in [0.1, 0.15) is 0 Å². The van der Waals surface area contributed by atoms with E-state index >= 15 is 0 Å². The van der Waals surface area contributed by atoms with Crippen molar-refractivity contribution in [3.8, 4) is 5.69 Å². The molecule has 0 unspecified atom stereocenters. The van der Waals surface area contributed by atoms with E-state index in [1.807, 2.05) is 13.8 Å². The van der Waals surface area contributed by atoms with Crippen LogP contribution in [-0.2, 0) is 6.54 Å². The minimum absolute atomic E-state index is 0.0372. The molecule has 11 nitrogen and oxygen atoms in total. The van der Waals surface area contributed by atoms with Crippen molar-refractivity contribution < 1.29 is 14.7 Å². The number of carbonyl (C=O) groups is 2. The molecule has 1 aromatic carbocycles. The van der Waals surface area contributed by atoms with Gasteiger partial charge in [-0.05, 0) is 24.1 Å². The number of nitrogens with zero attached hydrogens (tertiary/aromatic N) is 5. The Morgan fingerprint density at radius 1 is 1.15 bits per heavy atom. The van der Waals surface area contributed by atoms with Gasteiger partial charge in [-0.2, -0.15) is 10.2 Å². The monoisotopic (exact) mass is 502 g/mol. The molecular formula is C21H20Cl2N8O3. The fourth-order valence-electron chi connectivity index (χ4n) is 3.39. The van der Waals surface area contributed by atoms with Gasteiger partial charge >= 0.3 is 12.1 Å². The summed E-state index contributed by atoms with van der Waals surface area (Å²) in [6, 6.07) is 6.12. The molecule has 0 saturated heterocycles. The van der Waals surface area contributed by atoms with Crippen LogP contribution in [0.1, 0.15) is 31.0 Å². The molecule has 4 aromatic rings. The van der Waals surface area contributed by atoms with Gasteiger partial charge in [0, 0.05) is 30.1 Å². The van der Waals surface area contributed by atoms with E-state index in [1.54, 1.807) is 41.2 Å². The lowest BCUT2D eigenvalue weighted by molar-refractivity contribution is 0.194. The zero-order valence-corrected chi connectivity index (χ0v) is 19.6. The molecule has 34 heavy (non-hydrogen) atoms. The summed E-state index contributed by atoms with van der Waals surface area (Å²) in [4.78, 5) is 27.6. The van der Waals surface area contributed by atoms with Crippen molar-refractivity contribution in [2.75, 3.05) is 10.6 Å². The maximum Gasteiger partial charge on any atom is 0.404 e. The molecule has 0 aliphatic rings. The molecule has 0 bridgehead atoms. The number of fused-ring (bicyclic) bond motifs is 1. The number of nitrogens with one attached hydrogen (secondary N) is 3. The van der Waals surface area contributed by atoms with E-state index in [4.69, 9.17) is 28.3 Å². The first-order chi connectivity index (χ1) is 16.2. The van der Waals surface area contributed by atoms with Crippen LogP contribution in [0.4, 0.5) is 21.0 Å². The number of benzene rings is 1. The molecule has 0 fully saturated rings. The average molecular weight is 503 g/mol. The van der Waals surface area contributed by atoms with Crippen LogP contribution in [0.3, 0.4) is 0 Å². The standard InChI is InChI=1S/C21H20Cl2N8O3/c1-11(2)19-15(9-24-18-6-17(23)29-31(18)19)28-20(32)27-13-3-4-16(14(22)5-13)30-10-12(8-26-30)7-25-21(33)34/h3-6,8-11,25H,7H2,1-2H3,(H,33,34)(H2,27,28,32). The SMILES string of the molecule is CC(C)c1c(NC(=O)Nc2ccc(-n3cc(CNC(=O)O)cn3)c(Cl)c2)cnc2cc(Cl)nn12. The summed E-state index contributed by atoms with van der Waals surface area (Å²) in [5, 5.41) is 25.6. The zero-order valence-electron chi connectivity index (χ0n) is 18.1. The number of halogens is 2. The normalized spacial score (nSPS) is 11.1. The Kier molecular flexibility index (Phi) is 6.57. The Morgan fingerprint density at radius 3 is 2.65 bits per heavy atom. The lowest BCUT2D eigenvalue weighted by Gasteiger charge is -2.15. The highest BCUT2D eigenvalue weighted by Gasteiger charge is 2.17. The predicted molar refractivity (Wildman–Crippen MR) is 128 cm³/mol. The number of hydrogen-bond donors (Lipinski definition) is 4. The number of carboxylic acid groups (broad SMARTS) is 1. The lowest BCUT2D eigenvalue weighted by Crippen LogP contribution is -2.22. The Hall–Kier alpha value is -3.83. The molecule has 0 aliphatic heterocycles. The largest absolute Gasteiger partial charge is 0.465 e. The molecule has 3 heterocycles. The van der Waals surface area contributed by atoms with Crippen LogP contribution >= 0.6 is 23.2 Å². The van der Waals surface area contributed by atoms with E-state index in [0.717, 1.165) is 5.69 Å². The highest BCUT2D eigenvalue weighted by molar-refractivity contribution is 6.32. The first-order valence-electron chi connectivity index (χ1n) is 10.1. The summed E-state index contributed by atoms with van der Waals surface area (Å²) in [7, 11) is 0. The number of aromatic nitrogens is 5. The van der Waals surface area contributed by atoms with E-state index in [-0.39, 0.29) is 12.5 Å². The molecular weight excluding hydrogens is 483 g/mol. The van der Waals surface area contributed by atoms with Gasteiger partial charge in [-0.3, -0.25) is 0 Å². The van der Waals surface area contributed by atoms with Crippen molar-refractivity contribution in [2.45, 2.75) is 26.3 Å². The third-order valence-electron chi connectivity index (χ3n) is 4.82. The van der Waals surface area contributed by atoms with Crippen LogP contribution in [0.2, 0.25) is 10.2 Å². The summed E-state index contributed by atoms with van der Waals surface area (Å²) in [6.07, 6.45) is 3.64. The number of anilines is 2. The van der Waals surface area contributed by atoms with Crippen molar-refractivity contribution in [3.05, 3.63) is 64.3 Å². The summed E-state index contributed by atoms with van der Waals surface area (Å²) in [5.41, 5.74) is 3.55. The van der Waals surface area contributed by atoms with E-state index in [9.17, 15) is 9.59 Å². The van der Waals surface area contributed by atoms with Crippen LogP contribution in [-0.4, -0.2) is 41.6 Å². The Morgan fingerprint density at radius 2 is 1.94 bits per heavy atom. The van der Waals surface area contributed by atoms with Gasteiger partial charge in [-0.15, -0.1) is 0 Å². The number of urea groups is 1. The van der Waals surface area contributed by atoms with Gasteiger partial charge in [-0.25, -0.2) is 23.8 Å². The molecule has 3 amide bonds. The van der Waals surface area contributed by atoms with Crippen molar-refractivity contribution in [3.63, 3.8) is 0 Å². The Bertz CT molecular complexity index is 1380. The average Bonchev–Trinajstić information content (AvgIpc) is 3.37. The smallest absolute Gasteiger partial charge is 0.404 e. The van der Waals surface area contributed by atoms with Crippen LogP contribution in [0.25, 0.3) is 11.3 Å². The number of hydrogen-bond acceptors (Lipinski definition) is 5. The van der Waals surface area contributed by atoms with Gasteiger partial charge in [0.2, 0.25) is 0 Å². The third kappa shape index (κ3) is 5.05. The fourth-order valence-corrected chi connectivity index (χ4v) is 3.83. The maximum atomic E-state index is 12.7. The molecule has 4 N–H and O–H groups in total. The van der Waals surface area contributed by atoms with Gasteiger partial charge in [0.25, 0.3) is 0 Å². The minimum Gasteiger partial charge on any atom is -0.465 e. The molecule has 0 atom stereocenters. The van der Waals surface area contributed by atoms with Crippen molar-refractivity contribution in [1.29, 1.82) is 0 Å². The molecule has 0 radical (unpaired) electrons. The summed E-state index contributed by atoms with van der Waals surface area (Å²) in [5.74, 6) is 0.0372. The molecule has 4 rings (SSSR count). The Labute approximate surface area is 203 Å². The topological polar surface area (TPSA) is 138 Å². The molecule has 0 spiro atoms. The Balaban J connectivity index is 1.49. The third-order valence-corrected chi connectivity index (χ3v) is 5.31. The van der Waals surface area contributed by atoms with Crippen molar-refractivity contribution in [2.24, 2.45) is 0 Å². The quantitative estimate of drug-likeness (QED) is 0.299. The summed E-state index contributed by atoms with van der Waals surface area (Å²) in [6.45, 7) is 4.07. The number of carbonyl (C=O) groups excluding carboxylic acids is 1. The summed E-state index contributed by atoms with van der Waals surface area (Å²) < 4.78 is 3.13. The van der Waals surface area contributed by atoms with Crippen LogP contribution < -0.4 is 16.0 Å². The second kappa shape index (κ2) is 9.57. The lowest BCUT2D eigenvalue weighted by atomic mass is 10.1. The van der Waals surface area contributed by atoms with Crippen LogP contribution in [0.5, 0.6) is 0 Å². The van der Waals surface area contributed by atoms with Crippen molar-refractivity contribution >= 4 is 52.3 Å². The molecule has 13 heteroatoms. The van der Waals surface area contributed by atoms with E-state index in [2.05, 4.69) is 31.1 Å². The van der Waals surface area contributed by atoms with Crippen LogP contribution in [0.15, 0.2) is 42.9 Å². The van der Waals surface area contributed by atoms with Crippen molar-refractivity contribution in [1.82, 2.24) is 29.7 Å². The number of amides is 3. The summed E-state index contributed by atoms with van der Waals surface area (Å²) >= 11 is 12.4. The van der Waals surface area contributed by atoms with E-state index < -0.39 is 12.1 Å². The van der Waals surface area contributed by atoms with Gasteiger partial charge < -0.3 is 21.1 Å². The maximum absolute atomic E-state index is 12.7. The highest BCUT2D eigenvalue weighted by atomic mass is 35.5. The molecule has 176 valence electrons. The first-order valence-corrected chi connectivity index (χ1v) is 10.9. The fraction of sp³-hybridized carbons (Fsp3) is 0.190. The second-order valence-electron chi connectivity index (χ2n) is 7.65. The minimum atomic E-state index is -1.12. The predicted octanol–water partition coefficient (Wildman–Crippen LogP) is 4.76. The zero-order chi connectivity index (χ0) is 24.4. The van der Waals surface area contributed by atoms with Crippen LogP contribution in [0, 0.1) is 0 Å². The highest BCUT2D eigenvalue weighted by Crippen LogP contribution is 2.27. The van der Waals surface area contributed by atoms with Gasteiger partial charge in [0.15, 0.2) is 10.8 Å². The molecule has 0 saturated carbocycles. The van der Waals surface area contributed by atoms with Gasteiger partial charge in [0.05, 0.1) is 34.5 Å². The van der Waals surface area contributed by atoms with E-state index in [0.29, 0.717) is 38.4 Å². The second-order valence-corrected chi connectivity index (χ2v) is 8.44. The number of rotatable bonds is 6. The molecule has 3 aromatic heterocycles. The van der Waals surface area contributed by atoms with E-state index in [1.165, 1.54) is 10.9 Å². The first kappa shape index (κ1) is 23.3. The van der Waals surface area contributed by atoms with Gasteiger partial charge in [-0.1, -0.05) is 37.0 Å².